The topological polar surface area (TPSA) is 94.2 Å². The molecule has 3 aromatic rings. The Kier molecular flexibility index (Phi) is 8.43. The van der Waals surface area contributed by atoms with E-state index in [1.54, 1.807) is 50.1 Å². The average molecular weight is 517 g/mol. The molecule has 1 aliphatic rings. The van der Waals surface area contributed by atoms with Crippen LogP contribution in [0.25, 0.3) is 0 Å². The summed E-state index contributed by atoms with van der Waals surface area (Å²) in [6.45, 7) is 3.66. The number of benzene rings is 3. The molecule has 0 unspecified atom stereocenters. The Balaban J connectivity index is 1.88. The lowest BCUT2D eigenvalue weighted by molar-refractivity contribution is -0.173. The molecule has 3 aromatic carbocycles. The zero-order valence-corrected chi connectivity index (χ0v) is 21.8. The van der Waals surface area contributed by atoms with E-state index in [-0.39, 0.29) is 19.8 Å². The molecule has 1 N–H and O–H groups in total. The second-order valence-corrected chi connectivity index (χ2v) is 8.83. The molecule has 0 bridgehead atoms. The van der Waals surface area contributed by atoms with Gasteiger partial charge in [-0.2, -0.15) is 0 Å². The SMILES string of the molecule is CCOC(=O)C(C(=O)OCC)[C@]1(NCc2ccccc2)C(=O)N(c2ccc(OC)cc2)[C@@H]1c1ccccc1. The van der Waals surface area contributed by atoms with Gasteiger partial charge >= 0.3 is 11.9 Å². The highest BCUT2D eigenvalue weighted by Crippen LogP contribution is 2.51. The number of carbonyl (C=O) groups is 3. The van der Waals surface area contributed by atoms with Crippen molar-refractivity contribution in [2.24, 2.45) is 5.92 Å². The Morgan fingerprint density at radius 2 is 1.42 bits per heavy atom. The van der Waals surface area contributed by atoms with E-state index in [1.165, 1.54) is 0 Å². The second-order valence-electron chi connectivity index (χ2n) is 8.83. The van der Waals surface area contributed by atoms with Crippen LogP contribution >= 0.6 is 0 Å². The normalized spacial score (nSPS) is 18.6. The van der Waals surface area contributed by atoms with Gasteiger partial charge in [-0.05, 0) is 49.2 Å². The third-order valence-electron chi connectivity index (χ3n) is 6.66. The number of esters is 2. The van der Waals surface area contributed by atoms with Crippen LogP contribution in [-0.2, 0) is 30.4 Å². The maximum absolute atomic E-state index is 14.3. The van der Waals surface area contributed by atoms with Crippen molar-refractivity contribution in [3.63, 3.8) is 0 Å². The van der Waals surface area contributed by atoms with Crippen molar-refractivity contribution >= 4 is 23.5 Å². The van der Waals surface area contributed by atoms with E-state index < -0.39 is 35.3 Å². The quantitative estimate of drug-likeness (QED) is 0.233. The average Bonchev–Trinajstić information content (AvgIpc) is 2.95. The third kappa shape index (κ3) is 4.99. The summed E-state index contributed by atoms with van der Waals surface area (Å²) in [5, 5.41) is 3.33. The summed E-state index contributed by atoms with van der Waals surface area (Å²) in [5.74, 6) is -2.94. The number of nitrogens with zero attached hydrogens (tertiary/aromatic N) is 1. The molecule has 1 amide bonds. The maximum Gasteiger partial charge on any atom is 0.322 e. The fourth-order valence-corrected chi connectivity index (χ4v) is 4.95. The lowest BCUT2D eigenvalue weighted by atomic mass is 9.66. The zero-order valence-electron chi connectivity index (χ0n) is 21.8. The number of hydrogen-bond donors (Lipinski definition) is 1. The third-order valence-corrected chi connectivity index (χ3v) is 6.66. The Morgan fingerprint density at radius 1 is 0.868 bits per heavy atom. The van der Waals surface area contributed by atoms with Crippen LogP contribution in [-0.4, -0.2) is 43.7 Å². The van der Waals surface area contributed by atoms with E-state index in [9.17, 15) is 14.4 Å². The van der Waals surface area contributed by atoms with E-state index in [0.717, 1.165) is 11.1 Å². The summed E-state index contributed by atoms with van der Waals surface area (Å²) in [5.41, 5.74) is 0.589. The van der Waals surface area contributed by atoms with Crippen LogP contribution in [0.4, 0.5) is 5.69 Å². The van der Waals surface area contributed by atoms with Crippen molar-refractivity contribution in [3.8, 4) is 5.75 Å². The van der Waals surface area contributed by atoms with E-state index in [0.29, 0.717) is 11.4 Å². The van der Waals surface area contributed by atoms with Crippen LogP contribution in [0, 0.1) is 5.92 Å². The monoisotopic (exact) mass is 516 g/mol. The maximum atomic E-state index is 14.3. The van der Waals surface area contributed by atoms with Crippen LogP contribution in [0.15, 0.2) is 84.9 Å². The molecule has 8 nitrogen and oxygen atoms in total. The van der Waals surface area contributed by atoms with Crippen LogP contribution in [0.3, 0.4) is 0 Å². The number of nitrogens with one attached hydrogen (secondary N) is 1. The molecular weight excluding hydrogens is 484 g/mol. The molecule has 0 spiro atoms. The Labute approximate surface area is 222 Å². The Bertz CT molecular complexity index is 1230. The first-order valence-electron chi connectivity index (χ1n) is 12.6. The largest absolute Gasteiger partial charge is 0.497 e. The Morgan fingerprint density at radius 3 is 1.95 bits per heavy atom. The number of methoxy groups -OCH3 is 1. The second kappa shape index (κ2) is 11.9. The van der Waals surface area contributed by atoms with Crippen LogP contribution in [0.2, 0.25) is 0 Å². The van der Waals surface area contributed by atoms with Gasteiger partial charge in [0, 0.05) is 12.2 Å². The molecule has 2 atom stereocenters. The van der Waals surface area contributed by atoms with Crippen LogP contribution in [0.5, 0.6) is 5.75 Å². The van der Waals surface area contributed by atoms with Crippen LogP contribution < -0.4 is 15.0 Å². The van der Waals surface area contributed by atoms with E-state index >= 15 is 0 Å². The summed E-state index contributed by atoms with van der Waals surface area (Å²) in [6, 6.07) is 25.2. The van der Waals surface area contributed by atoms with Crippen molar-refractivity contribution in [1.29, 1.82) is 0 Å². The molecule has 38 heavy (non-hydrogen) atoms. The van der Waals surface area contributed by atoms with Gasteiger partial charge in [-0.15, -0.1) is 0 Å². The van der Waals surface area contributed by atoms with E-state index in [1.807, 2.05) is 60.7 Å². The number of amides is 1. The van der Waals surface area contributed by atoms with Gasteiger partial charge in [0.15, 0.2) is 5.92 Å². The summed E-state index contributed by atoms with van der Waals surface area (Å²) in [4.78, 5) is 42.7. The lowest BCUT2D eigenvalue weighted by Crippen LogP contribution is -2.80. The molecule has 1 heterocycles. The highest BCUT2D eigenvalue weighted by atomic mass is 16.6. The highest BCUT2D eigenvalue weighted by molar-refractivity contribution is 6.16. The fraction of sp³-hybridized carbons (Fsp3) is 0.300. The number of anilines is 1. The molecule has 0 aromatic heterocycles. The molecule has 198 valence electrons. The van der Waals surface area contributed by atoms with Crippen molar-refractivity contribution < 1.29 is 28.6 Å². The zero-order chi connectivity index (χ0) is 27.1. The van der Waals surface area contributed by atoms with Crippen LogP contribution in [0.1, 0.15) is 31.0 Å². The number of β-lactam (4-membered cyclic amide) rings is 1. The van der Waals surface area contributed by atoms with Gasteiger partial charge in [0.1, 0.15) is 11.3 Å². The molecule has 8 heteroatoms. The number of carbonyl (C=O) groups excluding carboxylic acids is 3. The minimum atomic E-state index is -1.66. The molecule has 0 saturated carbocycles. The highest BCUT2D eigenvalue weighted by Gasteiger charge is 2.70. The standard InChI is InChI=1S/C30H32N2O6/c1-4-37-27(33)25(28(34)38-5-2)30(31-20-21-12-8-6-9-13-21)26(22-14-10-7-11-15-22)32(29(30)35)23-16-18-24(36-3)19-17-23/h6-19,25-26,31H,4-5,20H2,1-3H3/t26-,30-/m1/s1. The van der Waals surface area contributed by atoms with Crippen molar-refractivity contribution in [1.82, 2.24) is 5.32 Å². The number of ether oxygens (including phenoxy) is 3. The molecule has 4 rings (SSSR count). The molecule has 1 aliphatic heterocycles. The van der Waals surface area contributed by atoms with Gasteiger partial charge in [-0.25, -0.2) is 0 Å². The summed E-state index contributed by atoms with van der Waals surface area (Å²) in [6.07, 6.45) is 0. The van der Waals surface area contributed by atoms with Crippen molar-refractivity contribution in [2.45, 2.75) is 32.0 Å². The van der Waals surface area contributed by atoms with Gasteiger partial charge < -0.3 is 19.1 Å². The van der Waals surface area contributed by atoms with Gasteiger partial charge in [0.05, 0.1) is 26.4 Å². The predicted octanol–water partition coefficient (Wildman–Crippen LogP) is 4.05. The first kappa shape index (κ1) is 26.9. The predicted molar refractivity (Wildman–Crippen MR) is 142 cm³/mol. The molecule has 1 fully saturated rings. The summed E-state index contributed by atoms with van der Waals surface area (Å²) < 4.78 is 16.0. The molecule has 1 saturated heterocycles. The molecule has 0 radical (unpaired) electrons. The first-order valence-corrected chi connectivity index (χ1v) is 12.6. The van der Waals surface area contributed by atoms with Crippen molar-refractivity contribution in [3.05, 3.63) is 96.1 Å². The Hall–Kier alpha value is -4.17. The van der Waals surface area contributed by atoms with Gasteiger partial charge in [0.25, 0.3) is 5.91 Å². The van der Waals surface area contributed by atoms with Crippen molar-refractivity contribution in [2.75, 3.05) is 25.2 Å². The van der Waals surface area contributed by atoms with E-state index in [4.69, 9.17) is 14.2 Å². The minimum Gasteiger partial charge on any atom is -0.497 e. The minimum absolute atomic E-state index is 0.0515. The smallest absolute Gasteiger partial charge is 0.322 e. The lowest BCUT2D eigenvalue weighted by Gasteiger charge is -2.58. The van der Waals surface area contributed by atoms with Gasteiger partial charge in [-0.1, -0.05) is 60.7 Å². The van der Waals surface area contributed by atoms with Gasteiger partial charge in [-0.3, -0.25) is 19.7 Å². The molecule has 0 aliphatic carbocycles. The summed E-state index contributed by atoms with van der Waals surface area (Å²) >= 11 is 0. The molecular formula is C30H32N2O6. The fourth-order valence-electron chi connectivity index (χ4n) is 4.95. The summed E-state index contributed by atoms with van der Waals surface area (Å²) in [7, 11) is 1.57. The number of rotatable bonds is 11. The first-order chi connectivity index (χ1) is 18.5. The van der Waals surface area contributed by atoms with E-state index in [2.05, 4.69) is 5.32 Å². The number of hydrogen-bond acceptors (Lipinski definition) is 7. The van der Waals surface area contributed by atoms with Gasteiger partial charge in [0.2, 0.25) is 0 Å².